The number of nitrogens with two attached hydrogens (primary N) is 2. The molecule has 0 bridgehead atoms. The molecule has 0 saturated heterocycles. The number of carbonyl (C=O) groups is 2. The van der Waals surface area contributed by atoms with E-state index in [2.05, 4.69) is 22.5 Å². The Morgan fingerprint density at radius 1 is 0.704 bits per heavy atom. The van der Waals surface area contributed by atoms with Crippen LogP contribution in [0.4, 0.5) is 0 Å². The Bertz CT molecular complexity index is 342. The fourth-order valence-electron chi connectivity index (χ4n) is 2.92. The van der Waals surface area contributed by atoms with Gasteiger partial charge in [-0.05, 0) is 13.0 Å². The lowest BCUT2D eigenvalue weighted by Crippen LogP contribution is -2.36. The molecule has 2 amide bonds. The molecule has 27 heavy (non-hydrogen) atoms. The lowest BCUT2D eigenvalue weighted by molar-refractivity contribution is -0.121. The minimum atomic E-state index is 0.0222. The van der Waals surface area contributed by atoms with E-state index in [1.54, 1.807) is 0 Å². The quantitative estimate of drug-likeness (QED) is 0.251. The Balaban J connectivity index is 4.07. The SMILES string of the molecule is CCCCCCCCCCN(CCC(=O)NCCN)CCC(=O)NCCN. The van der Waals surface area contributed by atoms with Gasteiger partial charge in [-0.3, -0.25) is 9.59 Å². The van der Waals surface area contributed by atoms with Crippen LogP contribution >= 0.6 is 0 Å². The highest BCUT2D eigenvalue weighted by Crippen LogP contribution is 2.09. The smallest absolute Gasteiger partial charge is 0.221 e. The molecule has 0 spiro atoms. The summed E-state index contributed by atoms with van der Waals surface area (Å²) in [5.74, 6) is 0.0444. The maximum Gasteiger partial charge on any atom is 0.221 e. The van der Waals surface area contributed by atoms with Crippen LogP contribution in [-0.4, -0.2) is 62.5 Å². The monoisotopic (exact) mass is 385 g/mol. The van der Waals surface area contributed by atoms with Crippen molar-refractivity contribution in [3.05, 3.63) is 0 Å². The molecule has 0 unspecified atom stereocenters. The zero-order valence-corrected chi connectivity index (χ0v) is 17.4. The molecule has 7 nitrogen and oxygen atoms in total. The van der Waals surface area contributed by atoms with Gasteiger partial charge < -0.3 is 27.0 Å². The van der Waals surface area contributed by atoms with E-state index in [9.17, 15) is 9.59 Å². The summed E-state index contributed by atoms with van der Waals surface area (Å²) in [4.78, 5) is 25.8. The lowest BCUT2D eigenvalue weighted by atomic mass is 10.1. The van der Waals surface area contributed by atoms with Crippen LogP contribution in [-0.2, 0) is 9.59 Å². The van der Waals surface area contributed by atoms with Gasteiger partial charge in [0, 0.05) is 52.1 Å². The van der Waals surface area contributed by atoms with Crippen LogP contribution in [0.2, 0.25) is 0 Å². The first-order valence-electron chi connectivity index (χ1n) is 10.8. The van der Waals surface area contributed by atoms with Crippen molar-refractivity contribution in [2.24, 2.45) is 11.5 Å². The summed E-state index contributed by atoms with van der Waals surface area (Å²) in [6.45, 7) is 6.46. The number of amides is 2. The first-order valence-corrected chi connectivity index (χ1v) is 10.8. The topological polar surface area (TPSA) is 113 Å². The van der Waals surface area contributed by atoms with Gasteiger partial charge >= 0.3 is 0 Å². The molecule has 160 valence electrons. The molecule has 0 saturated carbocycles. The third-order valence-electron chi connectivity index (χ3n) is 4.57. The summed E-state index contributed by atoms with van der Waals surface area (Å²) >= 11 is 0. The second-order valence-corrected chi connectivity index (χ2v) is 7.09. The van der Waals surface area contributed by atoms with Crippen molar-refractivity contribution in [3.63, 3.8) is 0 Å². The van der Waals surface area contributed by atoms with Crippen molar-refractivity contribution in [2.45, 2.75) is 71.1 Å². The molecule has 7 heteroatoms. The summed E-state index contributed by atoms with van der Waals surface area (Å²) in [6.07, 6.45) is 11.1. The van der Waals surface area contributed by atoms with Gasteiger partial charge in [0.1, 0.15) is 0 Å². The second-order valence-electron chi connectivity index (χ2n) is 7.09. The normalized spacial score (nSPS) is 11.0. The fourth-order valence-corrected chi connectivity index (χ4v) is 2.92. The molecule has 0 atom stereocenters. The minimum Gasteiger partial charge on any atom is -0.355 e. The minimum absolute atomic E-state index is 0.0222. The number of nitrogens with one attached hydrogen (secondary N) is 2. The standard InChI is InChI=1S/C20H43N5O2/c1-2-3-4-5-6-7-8-9-16-25(17-10-19(26)23-14-12-21)18-11-20(27)24-15-13-22/h2-18,21-22H2,1H3,(H,23,26)(H,24,27). The zero-order chi connectivity index (χ0) is 20.2. The number of unbranched alkanes of at least 4 members (excludes halogenated alkanes) is 7. The summed E-state index contributed by atoms with van der Waals surface area (Å²) in [5.41, 5.74) is 10.8. The van der Waals surface area contributed by atoms with E-state index in [4.69, 9.17) is 11.5 Å². The number of hydrogen-bond acceptors (Lipinski definition) is 5. The van der Waals surface area contributed by atoms with Crippen molar-refractivity contribution < 1.29 is 9.59 Å². The Hall–Kier alpha value is -1.18. The van der Waals surface area contributed by atoms with Crippen LogP contribution in [0.3, 0.4) is 0 Å². The van der Waals surface area contributed by atoms with Gasteiger partial charge in [0.05, 0.1) is 0 Å². The highest BCUT2D eigenvalue weighted by molar-refractivity contribution is 5.76. The Morgan fingerprint density at radius 2 is 1.15 bits per heavy atom. The summed E-state index contributed by atoms with van der Waals surface area (Å²) in [6, 6.07) is 0. The van der Waals surface area contributed by atoms with Crippen molar-refractivity contribution >= 4 is 11.8 Å². The summed E-state index contributed by atoms with van der Waals surface area (Å²) in [5, 5.41) is 5.59. The van der Waals surface area contributed by atoms with Gasteiger partial charge in [-0.15, -0.1) is 0 Å². The summed E-state index contributed by atoms with van der Waals surface area (Å²) < 4.78 is 0. The second kappa shape index (κ2) is 19.6. The van der Waals surface area contributed by atoms with Crippen LogP contribution in [0.1, 0.15) is 71.1 Å². The van der Waals surface area contributed by atoms with E-state index < -0.39 is 0 Å². The molecule has 6 N–H and O–H groups in total. The molecule has 0 radical (unpaired) electrons. The summed E-state index contributed by atoms with van der Waals surface area (Å²) in [7, 11) is 0. The lowest BCUT2D eigenvalue weighted by Gasteiger charge is -2.22. The van der Waals surface area contributed by atoms with Crippen LogP contribution in [0.25, 0.3) is 0 Å². The van der Waals surface area contributed by atoms with Gasteiger partial charge in [-0.25, -0.2) is 0 Å². The number of hydrogen-bond donors (Lipinski definition) is 4. The molecule has 0 fully saturated rings. The maximum atomic E-state index is 11.8. The first-order chi connectivity index (χ1) is 13.1. The van der Waals surface area contributed by atoms with E-state index in [-0.39, 0.29) is 11.8 Å². The molecular formula is C20H43N5O2. The van der Waals surface area contributed by atoms with E-state index >= 15 is 0 Å². The van der Waals surface area contributed by atoms with Gasteiger partial charge in [0.2, 0.25) is 11.8 Å². The highest BCUT2D eigenvalue weighted by atomic mass is 16.2. The van der Waals surface area contributed by atoms with Gasteiger partial charge in [0.25, 0.3) is 0 Å². The predicted molar refractivity (Wildman–Crippen MR) is 112 cm³/mol. The number of rotatable bonds is 19. The fraction of sp³-hybridized carbons (Fsp3) is 0.900. The molecule has 0 aliphatic heterocycles. The Kier molecular flexibility index (Phi) is 18.7. The Labute approximate surface area is 166 Å². The van der Waals surface area contributed by atoms with E-state index in [1.807, 2.05) is 0 Å². The average Bonchev–Trinajstić information content (AvgIpc) is 2.67. The van der Waals surface area contributed by atoms with Gasteiger partial charge in [0.15, 0.2) is 0 Å². The molecule has 0 aromatic rings. The third-order valence-corrected chi connectivity index (χ3v) is 4.57. The van der Waals surface area contributed by atoms with Crippen LogP contribution in [0.15, 0.2) is 0 Å². The largest absolute Gasteiger partial charge is 0.355 e. The van der Waals surface area contributed by atoms with Crippen molar-refractivity contribution in [1.29, 1.82) is 0 Å². The first kappa shape index (κ1) is 25.8. The van der Waals surface area contributed by atoms with Gasteiger partial charge in [-0.2, -0.15) is 0 Å². The molecule has 0 aliphatic carbocycles. The van der Waals surface area contributed by atoms with Crippen LogP contribution in [0.5, 0.6) is 0 Å². The molecule has 0 aromatic carbocycles. The van der Waals surface area contributed by atoms with E-state index in [0.717, 1.165) is 13.0 Å². The molecule has 0 aliphatic rings. The highest BCUT2D eigenvalue weighted by Gasteiger charge is 2.10. The van der Waals surface area contributed by atoms with Crippen LogP contribution in [0, 0.1) is 0 Å². The Morgan fingerprint density at radius 3 is 1.59 bits per heavy atom. The van der Waals surface area contributed by atoms with Crippen molar-refractivity contribution in [2.75, 3.05) is 45.8 Å². The third kappa shape index (κ3) is 18.0. The van der Waals surface area contributed by atoms with Gasteiger partial charge in [-0.1, -0.05) is 51.9 Å². The predicted octanol–water partition coefficient (Wildman–Crippen LogP) is 1.36. The van der Waals surface area contributed by atoms with Crippen LogP contribution < -0.4 is 22.1 Å². The van der Waals surface area contributed by atoms with E-state index in [1.165, 1.54) is 44.9 Å². The maximum absolute atomic E-state index is 11.8. The van der Waals surface area contributed by atoms with Crippen molar-refractivity contribution in [3.8, 4) is 0 Å². The zero-order valence-electron chi connectivity index (χ0n) is 17.4. The molecule has 0 aromatic heterocycles. The average molecular weight is 386 g/mol. The van der Waals surface area contributed by atoms with E-state index in [0.29, 0.717) is 52.1 Å². The molecule has 0 rings (SSSR count). The molecule has 0 heterocycles. The molecular weight excluding hydrogens is 342 g/mol. The number of nitrogens with zero attached hydrogens (tertiary/aromatic N) is 1. The van der Waals surface area contributed by atoms with Crippen molar-refractivity contribution in [1.82, 2.24) is 15.5 Å². The number of carbonyl (C=O) groups excluding carboxylic acids is 2.